The molecule has 0 unspecified atom stereocenters. The van der Waals surface area contributed by atoms with Crippen LogP contribution < -0.4 is 0 Å². The summed E-state index contributed by atoms with van der Waals surface area (Å²) in [5, 5.41) is 2.17. The van der Waals surface area contributed by atoms with Crippen LogP contribution in [0.5, 0.6) is 0 Å². The quantitative estimate of drug-likeness (QED) is 0.403. The third-order valence-electron chi connectivity index (χ3n) is 5.63. The summed E-state index contributed by atoms with van der Waals surface area (Å²) in [5.74, 6) is -0.890. The van der Waals surface area contributed by atoms with Crippen LogP contribution in [0.25, 0.3) is 10.9 Å². The van der Waals surface area contributed by atoms with Gasteiger partial charge in [-0.25, -0.2) is 0 Å². The molecule has 0 saturated heterocycles. The van der Waals surface area contributed by atoms with Gasteiger partial charge >= 0.3 is 12.4 Å². The summed E-state index contributed by atoms with van der Waals surface area (Å²) in [6.45, 7) is 0. The molecule has 1 nitrogen and oxygen atoms in total. The van der Waals surface area contributed by atoms with Gasteiger partial charge in [-0.1, -0.05) is 25.0 Å². The first-order chi connectivity index (χ1) is 13.6. The number of aromatic nitrogens is 1. The number of nitrogens with one attached hydrogen (secondary N) is 1. The molecule has 8 heteroatoms. The van der Waals surface area contributed by atoms with Gasteiger partial charge < -0.3 is 4.98 Å². The zero-order chi connectivity index (χ0) is 20.8. The van der Waals surface area contributed by atoms with Gasteiger partial charge in [0.15, 0.2) is 0 Å². The lowest BCUT2D eigenvalue weighted by Crippen LogP contribution is -2.15. The fourth-order valence-electron chi connectivity index (χ4n) is 4.39. The van der Waals surface area contributed by atoms with E-state index in [-0.39, 0.29) is 11.4 Å². The van der Waals surface area contributed by atoms with E-state index in [2.05, 4.69) is 4.98 Å². The lowest BCUT2D eigenvalue weighted by Gasteiger charge is -2.21. The Labute approximate surface area is 167 Å². The molecule has 1 aromatic carbocycles. The van der Waals surface area contributed by atoms with Crippen LogP contribution >= 0.6 is 11.3 Å². The number of H-pyrrole nitrogens is 1. The predicted molar refractivity (Wildman–Crippen MR) is 101 cm³/mol. The first kappa shape index (κ1) is 20.3. The summed E-state index contributed by atoms with van der Waals surface area (Å²) in [6, 6.07) is 6.66. The minimum Gasteiger partial charge on any atom is -0.358 e. The standard InChI is InChI=1S/C21H19F6NS/c22-20(23,24)11-15(17-6-3-9-29-17)18-14-8-7-13(21(25,26)27)10-16(14)28-19(18)12-4-1-2-5-12/h3,6-10,12,15,28H,1-2,4-5,11H2/t15-/m0/s1. The van der Waals surface area contributed by atoms with Gasteiger partial charge in [-0.05, 0) is 47.9 Å². The first-order valence-corrected chi connectivity index (χ1v) is 10.3. The maximum absolute atomic E-state index is 13.5. The Morgan fingerprint density at radius 1 is 1.03 bits per heavy atom. The van der Waals surface area contributed by atoms with Gasteiger partial charge in [0.1, 0.15) is 0 Å². The molecule has 4 rings (SSSR count). The number of rotatable bonds is 4. The Kier molecular flexibility index (Phi) is 5.17. The Balaban J connectivity index is 1.92. The van der Waals surface area contributed by atoms with E-state index in [4.69, 9.17) is 0 Å². The van der Waals surface area contributed by atoms with Gasteiger partial charge in [0.05, 0.1) is 12.0 Å². The van der Waals surface area contributed by atoms with E-state index in [1.165, 1.54) is 17.4 Å². The van der Waals surface area contributed by atoms with E-state index in [0.29, 0.717) is 21.5 Å². The zero-order valence-corrected chi connectivity index (χ0v) is 16.1. The van der Waals surface area contributed by atoms with Crippen molar-refractivity contribution in [3.8, 4) is 0 Å². The predicted octanol–water partition coefficient (Wildman–Crippen LogP) is 7.99. The van der Waals surface area contributed by atoms with Gasteiger partial charge in [0.2, 0.25) is 0 Å². The minimum atomic E-state index is -4.51. The fourth-order valence-corrected chi connectivity index (χ4v) is 5.23. The molecule has 1 atom stereocenters. The fraction of sp³-hybridized carbons (Fsp3) is 0.429. The van der Waals surface area contributed by atoms with E-state index in [1.54, 1.807) is 17.5 Å². The third-order valence-corrected chi connectivity index (χ3v) is 6.62. The molecule has 156 valence electrons. The molecule has 0 amide bonds. The van der Waals surface area contributed by atoms with Crippen LogP contribution in [-0.4, -0.2) is 11.2 Å². The van der Waals surface area contributed by atoms with Crippen LogP contribution in [0.4, 0.5) is 26.3 Å². The highest BCUT2D eigenvalue weighted by molar-refractivity contribution is 7.10. The minimum absolute atomic E-state index is 0.0439. The van der Waals surface area contributed by atoms with Crippen molar-refractivity contribution in [3.63, 3.8) is 0 Å². The summed E-state index contributed by atoms with van der Waals surface area (Å²) < 4.78 is 79.9. The van der Waals surface area contributed by atoms with Crippen molar-refractivity contribution >= 4 is 22.2 Å². The van der Waals surface area contributed by atoms with Crippen LogP contribution in [-0.2, 0) is 6.18 Å². The Bertz CT molecular complexity index is 977. The van der Waals surface area contributed by atoms with Gasteiger partial charge in [0, 0.05) is 27.4 Å². The molecule has 1 saturated carbocycles. The summed E-state index contributed by atoms with van der Waals surface area (Å²) >= 11 is 1.24. The van der Waals surface area contributed by atoms with Crippen molar-refractivity contribution in [2.75, 3.05) is 0 Å². The lowest BCUT2D eigenvalue weighted by molar-refractivity contribution is -0.138. The highest BCUT2D eigenvalue weighted by Crippen LogP contribution is 2.47. The average Bonchev–Trinajstić information content (AvgIpc) is 3.37. The van der Waals surface area contributed by atoms with Crippen LogP contribution in [0.3, 0.4) is 0 Å². The molecule has 29 heavy (non-hydrogen) atoms. The molecule has 2 aromatic heterocycles. The third kappa shape index (κ3) is 4.17. The largest absolute Gasteiger partial charge is 0.416 e. The summed E-state index contributed by atoms with van der Waals surface area (Å²) in [7, 11) is 0. The van der Waals surface area contributed by atoms with Crippen molar-refractivity contribution < 1.29 is 26.3 Å². The topological polar surface area (TPSA) is 15.8 Å². The maximum Gasteiger partial charge on any atom is 0.416 e. The first-order valence-electron chi connectivity index (χ1n) is 9.46. The van der Waals surface area contributed by atoms with E-state index in [0.717, 1.165) is 37.8 Å². The van der Waals surface area contributed by atoms with Crippen LogP contribution in [0.2, 0.25) is 0 Å². The number of fused-ring (bicyclic) bond motifs is 1. The van der Waals surface area contributed by atoms with Gasteiger partial charge in [-0.3, -0.25) is 0 Å². The highest BCUT2D eigenvalue weighted by Gasteiger charge is 2.38. The highest BCUT2D eigenvalue weighted by atomic mass is 32.1. The molecule has 1 aliphatic rings. The zero-order valence-electron chi connectivity index (χ0n) is 15.3. The second-order valence-corrected chi connectivity index (χ2v) is 8.56. The second-order valence-electron chi connectivity index (χ2n) is 7.58. The van der Waals surface area contributed by atoms with Crippen molar-refractivity contribution in [3.05, 3.63) is 57.4 Å². The Hall–Kier alpha value is -1.96. The monoisotopic (exact) mass is 431 g/mol. The number of aromatic amines is 1. The number of benzene rings is 1. The molecule has 1 N–H and O–H groups in total. The molecule has 1 fully saturated rings. The molecule has 1 aliphatic carbocycles. The molecule has 0 radical (unpaired) electrons. The SMILES string of the molecule is FC(F)(F)C[C@@H](c1cccs1)c1c(C2CCCC2)[nH]c2cc(C(F)(F)F)ccc12. The van der Waals surface area contributed by atoms with E-state index >= 15 is 0 Å². The van der Waals surface area contributed by atoms with Crippen molar-refractivity contribution in [2.24, 2.45) is 0 Å². The van der Waals surface area contributed by atoms with Crippen molar-refractivity contribution in [1.82, 2.24) is 4.98 Å². The molecule has 0 spiro atoms. The molecule has 3 aromatic rings. The molecule has 0 aliphatic heterocycles. The van der Waals surface area contributed by atoms with Crippen LogP contribution in [0.1, 0.15) is 65.6 Å². The van der Waals surface area contributed by atoms with E-state index in [9.17, 15) is 26.3 Å². The number of hydrogen-bond donors (Lipinski definition) is 1. The number of hydrogen-bond acceptors (Lipinski definition) is 1. The molecular formula is C21H19F6NS. The van der Waals surface area contributed by atoms with Gasteiger partial charge in [-0.15, -0.1) is 11.3 Å². The van der Waals surface area contributed by atoms with E-state index in [1.807, 2.05) is 0 Å². The second kappa shape index (κ2) is 7.38. The van der Waals surface area contributed by atoms with Gasteiger partial charge in [0.25, 0.3) is 0 Å². The van der Waals surface area contributed by atoms with Crippen LogP contribution in [0, 0.1) is 0 Å². The van der Waals surface area contributed by atoms with Crippen LogP contribution in [0.15, 0.2) is 35.7 Å². The maximum atomic E-state index is 13.5. The summed E-state index contributed by atoms with van der Waals surface area (Å²) in [5.41, 5.74) is 0.611. The van der Waals surface area contributed by atoms with E-state index < -0.39 is 30.3 Å². The number of alkyl halides is 6. The number of thiophene rings is 1. The van der Waals surface area contributed by atoms with Crippen molar-refractivity contribution in [2.45, 2.75) is 56.3 Å². The molecular weight excluding hydrogens is 412 g/mol. The molecule has 0 bridgehead atoms. The molecule has 2 heterocycles. The Morgan fingerprint density at radius 2 is 1.76 bits per heavy atom. The Morgan fingerprint density at radius 3 is 2.34 bits per heavy atom. The average molecular weight is 431 g/mol. The normalized spacial score (nSPS) is 17.3. The van der Waals surface area contributed by atoms with Crippen molar-refractivity contribution in [1.29, 1.82) is 0 Å². The summed E-state index contributed by atoms with van der Waals surface area (Å²) in [4.78, 5) is 3.66. The van der Waals surface area contributed by atoms with Gasteiger partial charge in [-0.2, -0.15) is 26.3 Å². The summed E-state index contributed by atoms with van der Waals surface area (Å²) in [6.07, 6.45) is -6.35. The smallest absolute Gasteiger partial charge is 0.358 e. The number of halogens is 6. The lowest BCUT2D eigenvalue weighted by atomic mass is 9.87.